The number of hydrogen-bond acceptors (Lipinski definition) is 7. The van der Waals surface area contributed by atoms with Gasteiger partial charge in [-0.25, -0.2) is 0 Å². The number of esters is 2. The molecule has 0 N–H and O–H groups in total. The highest BCUT2D eigenvalue weighted by molar-refractivity contribution is 5.70. The number of carbonyl (C=O) groups excluding carboxylic acids is 3. The third kappa shape index (κ3) is 37.3. The first-order chi connectivity index (χ1) is 28.1. The lowest BCUT2D eigenvalue weighted by Crippen LogP contribution is -2.55. The van der Waals surface area contributed by atoms with Crippen molar-refractivity contribution in [2.75, 3.05) is 41.0 Å². The Morgan fingerprint density at radius 1 is 0.534 bits per heavy atom. The number of quaternary nitrogens is 1. The Hall–Kier alpha value is -4.27. The highest BCUT2D eigenvalue weighted by Crippen LogP contribution is 2.11. The molecular formula is C50H77NO7. The number of aliphatic carboxylic acids is 1. The van der Waals surface area contributed by atoms with Gasteiger partial charge in [0.25, 0.3) is 0 Å². The minimum atomic E-state index is -1.14. The van der Waals surface area contributed by atoms with Gasteiger partial charge in [-0.1, -0.05) is 148 Å². The van der Waals surface area contributed by atoms with Gasteiger partial charge in [0.2, 0.25) is 0 Å². The van der Waals surface area contributed by atoms with Gasteiger partial charge in [-0.05, 0) is 77.0 Å². The van der Waals surface area contributed by atoms with Crippen molar-refractivity contribution >= 4 is 17.9 Å². The van der Waals surface area contributed by atoms with Gasteiger partial charge in [0, 0.05) is 19.3 Å². The molecule has 2 atom stereocenters. The van der Waals surface area contributed by atoms with Crippen LogP contribution in [-0.2, 0) is 28.6 Å². The maximum Gasteiger partial charge on any atom is 0.306 e. The molecule has 0 rings (SSSR count). The standard InChI is InChI=1S/C50H77NO7/c1-6-8-10-12-14-16-18-20-22-23-24-25-27-29-31-33-35-37-39-41-49(53)58-46(44-56-43-42-47(50(54)55)51(3,4)5)45-57-48(52)40-38-36-34-32-30-28-26-21-19-17-15-13-11-9-7-2/h8-11,13-17,19-22,24-26,28-31,46-47H,6-7,12,18,23,27,32-45H2,1-5H3/b10-8+,11-9+,15-13+,16-14+,19-17+,22-20+,25-24+,26-21+,30-28+,31-29+. The lowest BCUT2D eigenvalue weighted by Gasteiger charge is -2.34. The third-order valence-electron chi connectivity index (χ3n) is 8.72. The first-order valence-electron chi connectivity index (χ1n) is 21.6. The second kappa shape index (κ2) is 39.6. The van der Waals surface area contributed by atoms with E-state index in [1.165, 1.54) is 0 Å². The van der Waals surface area contributed by atoms with E-state index < -0.39 is 18.1 Å². The Morgan fingerprint density at radius 2 is 1.00 bits per heavy atom. The summed E-state index contributed by atoms with van der Waals surface area (Å²) in [6, 6.07) is -0.747. The van der Waals surface area contributed by atoms with Crippen LogP contribution >= 0.6 is 0 Å². The number of ether oxygens (including phenoxy) is 3. The van der Waals surface area contributed by atoms with Crippen LogP contribution in [0.4, 0.5) is 0 Å². The van der Waals surface area contributed by atoms with Crippen LogP contribution in [-0.4, -0.2) is 75.5 Å². The first kappa shape index (κ1) is 53.7. The van der Waals surface area contributed by atoms with Gasteiger partial charge in [0.15, 0.2) is 6.10 Å². The van der Waals surface area contributed by atoms with E-state index >= 15 is 0 Å². The summed E-state index contributed by atoms with van der Waals surface area (Å²) in [5.41, 5.74) is 0. The minimum absolute atomic E-state index is 0.00355. The number of carboxylic acids is 1. The first-order valence-corrected chi connectivity index (χ1v) is 21.6. The van der Waals surface area contributed by atoms with E-state index in [2.05, 4.69) is 86.8 Å². The van der Waals surface area contributed by atoms with E-state index in [-0.39, 0.29) is 55.5 Å². The van der Waals surface area contributed by atoms with Crippen LogP contribution in [0.1, 0.15) is 123 Å². The number of likely N-dealkylation sites (N-methyl/N-ethyl adjacent to an activating group) is 1. The Labute approximate surface area is 352 Å². The summed E-state index contributed by atoms with van der Waals surface area (Å²) in [5, 5.41) is 11.6. The van der Waals surface area contributed by atoms with E-state index in [4.69, 9.17) is 14.2 Å². The Balaban J connectivity index is 4.53. The monoisotopic (exact) mass is 804 g/mol. The van der Waals surface area contributed by atoms with Crippen molar-refractivity contribution in [3.8, 4) is 0 Å². The number of hydrogen-bond donors (Lipinski definition) is 0. The maximum absolute atomic E-state index is 12.7. The highest BCUT2D eigenvalue weighted by Gasteiger charge is 2.25. The molecule has 0 aliphatic carbocycles. The molecule has 0 fully saturated rings. The summed E-state index contributed by atoms with van der Waals surface area (Å²) < 4.78 is 17.1. The van der Waals surface area contributed by atoms with Crippen molar-refractivity contribution in [3.63, 3.8) is 0 Å². The summed E-state index contributed by atoms with van der Waals surface area (Å²) in [7, 11) is 5.36. The summed E-state index contributed by atoms with van der Waals surface area (Å²) in [5.74, 6) is -1.86. The molecule has 0 aromatic heterocycles. The molecule has 2 unspecified atom stereocenters. The largest absolute Gasteiger partial charge is 0.544 e. The van der Waals surface area contributed by atoms with Crippen LogP contribution in [0, 0.1) is 0 Å². The maximum atomic E-state index is 12.7. The SMILES string of the molecule is CC/C=C/C=C/C=C/C=C/C=C/CCCCCC(=O)OCC(COCCC(C(=O)[O-])[N+](C)(C)C)OC(=O)CCCCC/C=C/C/C=C/C/C=C/C/C=C/C/C=C/CC. The van der Waals surface area contributed by atoms with E-state index in [0.717, 1.165) is 77.0 Å². The predicted molar refractivity (Wildman–Crippen MR) is 240 cm³/mol. The van der Waals surface area contributed by atoms with Crippen molar-refractivity contribution in [2.45, 2.75) is 135 Å². The Bertz CT molecular complexity index is 1350. The summed E-state index contributed by atoms with van der Waals surface area (Å²) in [6.45, 7) is 4.28. The van der Waals surface area contributed by atoms with Gasteiger partial charge in [-0.2, -0.15) is 0 Å². The van der Waals surface area contributed by atoms with Crippen LogP contribution < -0.4 is 5.11 Å². The zero-order chi connectivity index (χ0) is 42.8. The minimum Gasteiger partial charge on any atom is -0.544 e. The van der Waals surface area contributed by atoms with Crippen molar-refractivity contribution in [1.29, 1.82) is 0 Å². The van der Waals surface area contributed by atoms with Gasteiger partial charge in [0.1, 0.15) is 12.6 Å². The number of unbranched alkanes of at least 4 members (excludes halogenated alkanes) is 6. The summed E-state index contributed by atoms with van der Waals surface area (Å²) in [6.07, 6.45) is 55.1. The van der Waals surface area contributed by atoms with Gasteiger partial charge in [-0.3, -0.25) is 9.59 Å². The highest BCUT2D eigenvalue weighted by atomic mass is 16.6. The van der Waals surface area contributed by atoms with Gasteiger partial charge < -0.3 is 28.6 Å². The molecule has 0 aromatic carbocycles. The normalized spacial score (nSPS) is 14.2. The Morgan fingerprint density at radius 3 is 1.52 bits per heavy atom. The average Bonchev–Trinajstić information content (AvgIpc) is 3.18. The van der Waals surface area contributed by atoms with Gasteiger partial charge in [0.05, 0.1) is 40.3 Å². The zero-order valence-electron chi connectivity index (χ0n) is 36.6. The Kier molecular flexibility index (Phi) is 36.6. The molecule has 0 aliphatic rings. The number of allylic oxidation sites excluding steroid dienone is 20. The molecule has 0 saturated carbocycles. The molecule has 0 amide bonds. The fourth-order valence-electron chi connectivity index (χ4n) is 5.41. The number of rotatable bonds is 36. The lowest BCUT2D eigenvalue weighted by molar-refractivity contribution is -0.889. The molecule has 0 radical (unpaired) electrons. The van der Waals surface area contributed by atoms with Crippen molar-refractivity contribution in [3.05, 3.63) is 122 Å². The van der Waals surface area contributed by atoms with Crippen molar-refractivity contribution in [2.24, 2.45) is 0 Å². The van der Waals surface area contributed by atoms with Crippen LogP contribution in [0.25, 0.3) is 0 Å². The second-order valence-corrected chi connectivity index (χ2v) is 14.9. The van der Waals surface area contributed by atoms with Crippen molar-refractivity contribution in [1.82, 2.24) is 0 Å². The molecule has 0 aliphatic heterocycles. The molecule has 324 valence electrons. The van der Waals surface area contributed by atoms with E-state index in [0.29, 0.717) is 12.8 Å². The van der Waals surface area contributed by atoms with Gasteiger partial charge >= 0.3 is 11.9 Å². The fraction of sp³-hybridized carbons (Fsp3) is 0.540. The third-order valence-corrected chi connectivity index (χ3v) is 8.72. The summed E-state index contributed by atoms with van der Waals surface area (Å²) in [4.78, 5) is 36.8. The van der Waals surface area contributed by atoms with Crippen LogP contribution in [0.15, 0.2) is 122 Å². The quantitative estimate of drug-likeness (QED) is 0.0204. The molecule has 58 heavy (non-hydrogen) atoms. The van der Waals surface area contributed by atoms with Crippen LogP contribution in [0.3, 0.4) is 0 Å². The number of carboxylic acid groups (broad SMARTS) is 1. The molecule has 0 saturated heterocycles. The number of nitrogens with zero attached hydrogens (tertiary/aromatic N) is 1. The number of carbonyl (C=O) groups is 3. The van der Waals surface area contributed by atoms with E-state index in [9.17, 15) is 19.5 Å². The molecule has 0 bridgehead atoms. The van der Waals surface area contributed by atoms with Crippen LogP contribution in [0.2, 0.25) is 0 Å². The van der Waals surface area contributed by atoms with Gasteiger partial charge in [-0.15, -0.1) is 0 Å². The lowest BCUT2D eigenvalue weighted by atomic mass is 10.1. The topological polar surface area (TPSA) is 102 Å². The second-order valence-electron chi connectivity index (χ2n) is 14.9. The molecule has 0 aromatic rings. The van der Waals surface area contributed by atoms with Crippen molar-refractivity contribution < 1.29 is 38.2 Å². The average molecular weight is 804 g/mol. The van der Waals surface area contributed by atoms with E-state index in [1.54, 1.807) is 21.1 Å². The van der Waals surface area contributed by atoms with Crippen LogP contribution in [0.5, 0.6) is 0 Å². The smallest absolute Gasteiger partial charge is 0.306 e. The molecule has 0 spiro atoms. The molecule has 8 heteroatoms. The summed E-state index contributed by atoms with van der Waals surface area (Å²) >= 11 is 0. The molecule has 0 heterocycles. The molecule has 8 nitrogen and oxygen atoms in total. The predicted octanol–water partition coefficient (Wildman–Crippen LogP) is 10.5. The molecular weight excluding hydrogens is 727 g/mol. The van der Waals surface area contributed by atoms with E-state index in [1.807, 2.05) is 48.6 Å². The zero-order valence-corrected chi connectivity index (χ0v) is 36.6. The fourth-order valence-corrected chi connectivity index (χ4v) is 5.41.